The number of unbranched alkanes of at least 4 members (excludes halogenated alkanes) is 1. The monoisotopic (exact) mass is 275 g/mol. The molecule has 0 saturated carbocycles. The van der Waals surface area contributed by atoms with E-state index in [0.29, 0.717) is 17.3 Å². The molecular weight excluding hydrogens is 258 g/mol. The summed E-state index contributed by atoms with van der Waals surface area (Å²) in [5, 5.41) is 3.16. The molecule has 0 atom stereocenters. The summed E-state index contributed by atoms with van der Waals surface area (Å²) in [5.74, 6) is 0.593. The van der Waals surface area contributed by atoms with Crippen molar-refractivity contribution in [1.82, 2.24) is 19.5 Å². The van der Waals surface area contributed by atoms with E-state index in [-0.39, 0.29) is 0 Å². The summed E-state index contributed by atoms with van der Waals surface area (Å²) in [4.78, 5) is 12.8. The van der Waals surface area contributed by atoms with Gasteiger partial charge in [-0.3, -0.25) is 4.98 Å². The molecule has 6 heteroatoms. The smallest absolute Gasteiger partial charge is 0.226 e. The zero-order chi connectivity index (χ0) is 13.5. The fourth-order valence-corrected chi connectivity index (χ4v) is 1.79. The van der Waals surface area contributed by atoms with Crippen LogP contribution in [0.2, 0.25) is 0 Å². The second-order valence-electron chi connectivity index (χ2n) is 4.19. The molecule has 100 valence electrons. The van der Waals surface area contributed by atoms with Gasteiger partial charge in [0.05, 0.1) is 12.2 Å². The summed E-state index contributed by atoms with van der Waals surface area (Å²) in [5.41, 5.74) is 0.939. The number of pyridine rings is 1. The van der Waals surface area contributed by atoms with Crippen molar-refractivity contribution in [1.29, 1.82) is 0 Å². The van der Waals surface area contributed by atoms with Crippen LogP contribution in [0.3, 0.4) is 0 Å². The Morgan fingerprint density at radius 3 is 2.89 bits per heavy atom. The second-order valence-corrected chi connectivity index (χ2v) is 4.56. The fraction of sp³-hybridized carbons (Fsp3) is 0.385. The van der Waals surface area contributed by atoms with E-state index in [1.807, 2.05) is 22.8 Å². The highest BCUT2D eigenvalue weighted by Crippen LogP contribution is 2.02. The SMILES string of the molecule is CCCCNc1ncn(Cc2ccccn2)c(=S)n1. The Morgan fingerprint density at radius 2 is 2.21 bits per heavy atom. The van der Waals surface area contributed by atoms with Crippen molar-refractivity contribution in [3.63, 3.8) is 0 Å². The molecule has 0 aliphatic heterocycles. The maximum Gasteiger partial charge on any atom is 0.226 e. The number of hydrogen-bond acceptors (Lipinski definition) is 5. The highest BCUT2D eigenvalue weighted by Gasteiger charge is 2.00. The van der Waals surface area contributed by atoms with Gasteiger partial charge in [0.15, 0.2) is 0 Å². The van der Waals surface area contributed by atoms with Crippen molar-refractivity contribution in [2.45, 2.75) is 26.3 Å². The zero-order valence-electron chi connectivity index (χ0n) is 10.9. The zero-order valence-corrected chi connectivity index (χ0v) is 11.7. The predicted octanol–water partition coefficient (Wildman–Crippen LogP) is 2.66. The molecule has 0 radical (unpaired) electrons. The highest BCUT2D eigenvalue weighted by molar-refractivity contribution is 7.71. The van der Waals surface area contributed by atoms with Crippen LogP contribution in [-0.2, 0) is 6.54 Å². The number of rotatable bonds is 6. The van der Waals surface area contributed by atoms with Crippen molar-refractivity contribution < 1.29 is 0 Å². The van der Waals surface area contributed by atoms with E-state index < -0.39 is 0 Å². The Labute approximate surface area is 117 Å². The van der Waals surface area contributed by atoms with Gasteiger partial charge in [-0.1, -0.05) is 19.4 Å². The van der Waals surface area contributed by atoms with Crippen LogP contribution in [-0.4, -0.2) is 26.1 Å². The molecule has 0 aromatic carbocycles. The summed E-state index contributed by atoms with van der Waals surface area (Å²) >= 11 is 5.26. The highest BCUT2D eigenvalue weighted by atomic mass is 32.1. The Morgan fingerprint density at radius 1 is 1.32 bits per heavy atom. The molecule has 2 rings (SSSR count). The predicted molar refractivity (Wildman–Crippen MR) is 77.6 cm³/mol. The number of hydrogen-bond donors (Lipinski definition) is 1. The molecule has 0 unspecified atom stereocenters. The molecule has 0 aliphatic rings. The molecule has 0 aliphatic carbocycles. The first-order chi connectivity index (χ1) is 9.29. The largest absolute Gasteiger partial charge is 0.354 e. The van der Waals surface area contributed by atoms with Gasteiger partial charge >= 0.3 is 0 Å². The summed E-state index contributed by atoms with van der Waals surface area (Å²) in [6, 6.07) is 5.79. The van der Waals surface area contributed by atoms with Crippen molar-refractivity contribution in [3.05, 3.63) is 41.2 Å². The lowest BCUT2D eigenvalue weighted by atomic mass is 10.3. The average molecular weight is 275 g/mol. The third-order valence-corrected chi connectivity index (χ3v) is 2.96. The number of aromatic nitrogens is 4. The van der Waals surface area contributed by atoms with Gasteiger partial charge < -0.3 is 9.88 Å². The van der Waals surface area contributed by atoms with Crippen LogP contribution in [0.25, 0.3) is 0 Å². The van der Waals surface area contributed by atoms with Crippen LogP contribution in [0.1, 0.15) is 25.5 Å². The fourth-order valence-electron chi connectivity index (χ4n) is 1.59. The molecule has 19 heavy (non-hydrogen) atoms. The van der Waals surface area contributed by atoms with Gasteiger partial charge in [-0.05, 0) is 30.8 Å². The van der Waals surface area contributed by atoms with E-state index in [9.17, 15) is 0 Å². The first-order valence-electron chi connectivity index (χ1n) is 6.37. The summed E-state index contributed by atoms with van der Waals surface area (Å²) in [6.45, 7) is 3.61. The third-order valence-electron chi connectivity index (χ3n) is 2.64. The first kappa shape index (κ1) is 13.6. The van der Waals surface area contributed by atoms with E-state index in [1.54, 1.807) is 12.5 Å². The van der Waals surface area contributed by atoms with Crippen molar-refractivity contribution in [2.24, 2.45) is 0 Å². The molecule has 5 nitrogen and oxygen atoms in total. The summed E-state index contributed by atoms with van der Waals surface area (Å²) in [7, 11) is 0. The van der Waals surface area contributed by atoms with Crippen molar-refractivity contribution >= 4 is 18.2 Å². The molecule has 0 bridgehead atoms. The lowest BCUT2D eigenvalue weighted by molar-refractivity contribution is 0.706. The molecule has 0 saturated heterocycles. The maximum absolute atomic E-state index is 5.26. The van der Waals surface area contributed by atoms with E-state index >= 15 is 0 Å². The van der Waals surface area contributed by atoms with E-state index in [4.69, 9.17) is 12.2 Å². The Kier molecular flexibility index (Phi) is 4.97. The average Bonchev–Trinajstić information content (AvgIpc) is 2.43. The number of nitrogens with zero attached hydrogens (tertiary/aromatic N) is 4. The minimum absolute atomic E-state index is 0.514. The first-order valence-corrected chi connectivity index (χ1v) is 6.77. The molecule has 0 spiro atoms. The summed E-state index contributed by atoms with van der Waals surface area (Å²) in [6.07, 6.45) is 5.71. The van der Waals surface area contributed by atoms with Gasteiger partial charge in [0.2, 0.25) is 10.7 Å². The standard InChI is InChI=1S/C13H17N5S/c1-2-3-7-15-12-16-10-18(13(19)17-12)9-11-6-4-5-8-14-11/h4-6,8,10H,2-3,7,9H2,1H3,(H,15,17,19). The molecule has 2 aromatic rings. The maximum atomic E-state index is 5.26. The Hall–Kier alpha value is -1.82. The summed E-state index contributed by atoms with van der Waals surface area (Å²) < 4.78 is 2.32. The quantitative estimate of drug-likeness (QED) is 0.649. The van der Waals surface area contributed by atoms with E-state index in [2.05, 4.69) is 27.2 Å². The van der Waals surface area contributed by atoms with Crippen LogP contribution in [0.5, 0.6) is 0 Å². The lowest BCUT2D eigenvalue weighted by Crippen LogP contribution is -2.10. The second kappa shape index (κ2) is 6.94. The van der Waals surface area contributed by atoms with Crippen LogP contribution >= 0.6 is 12.2 Å². The Bertz CT molecular complexity index is 567. The van der Waals surface area contributed by atoms with E-state index in [0.717, 1.165) is 25.1 Å². The van der Waals surface area contributed by atoms with Gasteiger partial charge in [-0.2, -0.15) is 4.98 Å². The number of anilines is 1. The van der Waals surface area contributed by atoms with Crippen molar-refractivity contribution in [2.75, 3.05) is 11.9 Å². The third kappa shape index (κ3) is 4.10. The van der Waals surface area contributed by atoms with E-state index in [1.165, 1.54) is 0 Å². The van der Waals surface area contributed by atoms with Crippen LogP contribution in [0.15, 0.2) is 30.7 Å². The minimum Gasteiger partial charge on any atom is -0.354 e. The molecule has 0 fully saturated rings. The van der Waals surface area contributed by atoms with Gasteiger partial charge in [-0.15, -0.1) is 0 Å². The van der Waals surface area contributed by atoms with Gasteiger partial charge in [0.25, 0.3) is 0 Å². The minimum atomic E-state index is 0.514. The molecule has 2 aromatic heterocycles. The topological polar surface area (TPSA) is 55.6 Å². The molecule has 1 N–H and O–H groups in total. The Balaban J connectivity index is 2.05. The van der Waals surface area contributed by atoms with Crippen LogP contribution < -0.4 is 5.32 Å². The van der Waals surface area contributed by atoms with Gasteiger partial charge in [0, 0.05) is 12.7 Å². The normalized spacial score (nSPS) is 10.4. The van der Waals surface area contributed by atoms with Crippen LogP contribution in [0.4, 0.5) is 5.95 Å². The lowest BCUT2D eigenvalue weighted by Gasteiger charge is -2.07. The molecule has 2 heterocycles. The van der Waals surface area contributed by atoms with Gasteiger partial charge in [0.1, 0.15) is 6.33 Å². The van der Waals surface area contributed by atoms with Crippen molar-refractivity contribution in [3.8, 4) is 0 Å². The molecular formula is C13H17N5S. The van der Waals surface area contributed by atoms with Crippen LogP contribution in [0, 0.1) is 4.77 Å². The number of nitrogens with one attached hydrogen (secondary N) is 1. The molecule has 0 amide bonds. The van der Waals surface area contributed by atoms with Gasteiger partial charge in [-0.25, -0.2) is 4.98 Å².